The second-order valence-corrected chi connectivity index (χ2v) is 4.52. The van der Waals surface area contributed by atoms with Crippen molar-refractivity contribution in [2.45, 2.75) is 37.8 Å². The highest BCUT2D eigenvalue weighted by Gasteiger charge is 2.35. The smallest absolute Gasteiger partial charge is 0.0382 e. The number of piperidine rings is 1. The van der Waals surface area contributed by atoms with Crippen LogP contribution in [-0.2, 0) is 0 Å². The third-order valence-corrected chi connectivity index (χ3v) is 3.28. The van der Waals surface area contributed by atoms with Crippen LogP contribution in [0.15, 0.2) is 0 Å². The van der Waals surface area contributed by atoms with E-state index in [0.717, 1.165) is 6.04 Å². The lowest BCUT2D eigenvalue weighted by Crippen LogP contribution is -2.49. The second kappa shape index (κ2) is 3.95. The van der Waals surface area contributed by atoms with E-state index >= 15 is 0 Å². The highest BCUT2D eigenvalue weighted by atomic mass is 15.5. The number of nitrogens with one attached hydrogen (secondary N) is 1. The van der Waals surface area contributed by atoms with E-state index < -0.39 is 0 Å². The molecule has 2 fully saturated rings. The molecule has 13 heavy (non-hydrogen) atoms. The van der Waals surface area contributed by atoms with Gasteiger partial charge in [-0.3, -0.25) is 15.3 Å². The van der Waals surface area contributed by atoms with Crippen molar-refractivity contribution in [1.29, 1.82) is 0 Å². The molecule has 0 aromatic carbocycles. The van der Waals surface area contributed by atoms with Gasteiger partial charge in [0.1, 0.15) is 0 Å². The van der Waals surface area contributed by atoms with Gasteiger partial charge in [0.15, 0.2) is 0 Å². The van der Waals surface area contributed by atoms with Gasteiger partial charge in [0.25, 0.3) is 0 Å². The van der Waals surface area contributed by atoms with Gasteiger partial charge >= 0.3 is 0 Å². The van der Waals surface area contributed by atoms with Crippen LogP contribution in [0.2, 0.25) is 0 Å². The second-order valence-electron chi connectivity index (χ2n) is 4.52. The largest absolute Gasteiger partial charge is 0.299 e. The summed E-state index contributed by atoms with van der Waals surface area (Å²) in [6, 6.07) is 1.52. The van der Waals surface area contributed by atoms with Crippen molar-refractivity contribution in [2.75, 3.05) is 27.2 Å². The molecule has 0 aromatic rings. The van der Waals surface area contributed by atoms with E-state index in [2.05, 4.69) is 29.4 Å². The Bertz CT molecular complexity index is 170. The molecule has 2 atom stereocenters. The first kappa shape index (κ1) is 9.44. The SMILES string of the molecule is CN(C)NC1CCN2CCCCC12. The van der Waals surface area contributed by atoms with Crippen molar-refractivity contribution >= 4 is 0 Å². The minimum Gasteiger partial charge on any atom is -0.299 e. The van der Waals surface area contributed by atoms with Crippen molar-refractivity contribution in [3.05, 3.63) is 0 Å². The van der Waals surface area contributed by atoms with Crippen LogP contribution >= 0.6 is 0 Å². The lowest BCUT2D eigenvalue weighted by Gasteiger charge is -2.33. The summed E-state index contributed by atoms with van der Waals surface area (Å²) in [5.41, 5.74) is 3.53. The molecule has 0 radical (unpaired) electrons. The normalized spacial score (nSPS) is 35.3. The van der Waals surface area contributed by atoms with E-state index in [4.69, 9.17) is 0 Å². The summed E-state index contributed by atoms with van der Waals surface area (Å²) in [5, 5.41) is 2.10. The maximum atomic E-state index is 3.53. The molecule has 3 nitrogen and oxygen atoms in total. The number of hydrazine groups is 1. The highest BCUT2D eigenvalue weighted by molar-refractivity contribution is 4.93. The molecule has 76 valence electrons. The number of nitrogens with zero attached hydrogens (tertiary/aromatic N) is 2. The molecule has 2 aliphatic heterocycles. The first-order chi connectivity index (χ1) is 6.27. The van der Waals surface area contributed by atoms with Gasteiger partial charge in [0.05, 0.1) is 0 Å². The summed E-state index contributed by atoms with van der Waals surface area (Å²) >= 11 is 0. The number of fused-ring (bicyclic) bond motifs is 1. The Morgan fingerprint density at radius 2 is 2.00 bits per heavy atom. The fourth-order valence-corrected chi connectivity index (χ4v) is 2.73. The number of hydrogen-bond acceptors (Lipinski definition) is 3. The van der Waals surface area contributed by atoms with Crippen molar-refractivity contribution < 1.29 is 0 Å². The molecule has 2 heterocycles. The lowest BCUT2D eigenvalue weighted by molar-refractivity contribution is 0.147. The number of hydrogen-bond donors (Lipinski definition) is 1. The third kappa shape index (κ3) is 2.03. The van der Waals surface area contributed by atoms with Gasteiger partial charge in [-0.2, -0.15) is 0 Å². The van der Waals surface area contributed by atoms with E-state index in [1.807, 2.05) is 0 Å². The Hall–Kier alpha value is -0.120. The summed E-state index contributed by atoms with van der Waals surface area (Å²) in [5.74, 6) is 0. The standard InChI is InChI=1S/C10H21N3/c1-12(2)11-9-6-8-13-7-4-3-5-10(9)13/h9-11H,3-8H2,1-2H3. The van der Waals surface area contributed by atoms with E-state index in [-0.39, 0.29) is 0 Å². The molecule has 2 unspecified atom stereocenters. The molecule has 0 bridgehead atoms. The van der Waals surface area contributed by atoms with Crippen LogP contribution in [0.4, 0.5) is 0 Å². The molecular weight excluding hydrogens is 162 g/mol. The fourth-order valence-electron chi connectivity index (χ4n) is 2.73. The first-order valence-electron chi connectivity index (χ1n) is 5.45. The molecule has 3 heteroatoms. The Labute approximate surface area is 81.1 Å². The maximum Gasteiger partial charge on any atom is 0.0382 e. The predicted molar refractivity (Wildman–Crippen MR) is 54.4 cm³/mol. The molecule has 0 spiro atoms. The van der Waals surface area contributed by atoms with Gasteiger partial charge in [-0.15, -0.1) is 0 Å². The topological polar surface area (TPSA) is 18.5 Å². The van der Waals surface area contributed by atoms with Crippen LogP contribution in [0.25, 0.3) is 0 Å². The van der Waals surface area contributed by atoms with Crippen molar-refractivity contribution in [2.24, 2.45) is 0 Å². The zero-order valence-corrected chi connectivity index (χ0v) is 8.79. The minimum atomic E-state index is 0.704. The zero-order valence-electron chi connectivity index (χ0n) is 8.79. The van der Waals surface area contributed by atoms with Gasteiger partial charge in [-0.05, 0) is 25.8 Å². The Balaban J connectivity index is 1.91. The fraction of sp³-hybridized carbons (Fsp3) is 1.00. The molecule has 2 saturated heterocycles. The lowest BCUT2D eigenvalue weighted by atomic mass is 10.00. The summed E-state index contributed by atoms with van der Waals surface area (Å²) in [6.07, 6.45) is 5.55. The van der Waals surface area contributed by atoms with Gasteiger partial charge in [-0.1, -0.05) is 6.42 Å². The van der Waals surface area contributed by atoms with E-state index in [0.29, 0.717) is 6.04 Å². The summed E-state index contributed by atoms with van der Waals surface area (Å²) in [7, 11) is 4.18. The van der Waals surface area contributed by atoms with Gasteiger partial charge in [0, 0.05) is 32.7 Å². The van der Waals surface area contributed by atoms with Crippen molar-refractivity contribution in [3.63, 3.8) is 0 Å². The molecule has 2 rings (SSSR count). The quantitative estimate of drug-likeness (QED) is 0.635. The van der Waals surface area contributed by atoms with Crippen LogP contribution in [0.1, 0.15) is 25.7 Å². The predicted octanol–water partition coefficient (Wildman–Crippen LogP) is 0.679. The molecule has 2 aliphatic rings. The summed E-state index contributed by atoms with van der Waals surface area (Å²) in [6.45, 7) is 2.63. The van der Waals surface area contributed by atoms with E-state index in [9.17, 15) is 0 Å². The average Bonchev–Trinajstić information content (AvgIpc) is 2.48. The van der Waals surface area contributed by atoms with Crippen LogP contribution in [0.3, 0.4) is 0 Å². The molecule has 0 aromatic heterocycles. The Morgan fingerprint density at radius 3 is 2.77 bits per heavy atom. The van der Waals surface area contributed by atoms with E-state index in [1.54, 1.807) is 0 Å². The van der Waals surface area contributed by atoms with Crippen LogP contribution in [0.5, 0.6) is 0 Å². The molecular formula is C10H21N3. The van der Waals surface area contributed by atoms with Gasteiger partial charge in [0.2, 0.25) is 0 Å². The van der Waals surface area contributed by atoms with Gasteiger partial charge in [-0.25, -0.2) is 0 Å². The number of rotatable bonds is 2. The molecule has 0 aliphatic carbocycles. The molecule has 0 saturated carbocycles. The zero-order chi connectivity index (χ0) is 9.26. The third-order valence-electron chi connectivity index (χ3n) is 3.28. The van der Waals surface area contributed by atoms with Gasteiger partial charge < -0.3 is 0 Å². The van der Waals surface area contributed by atoms with Crippen LogP contribution < -0.4 is 5.43 Å². The molecule has 1 N–H and O–H groups in total. The Morgan fingerprint density at radius 1 is 1.15 bits per heavy atom. The average molecular weight is 183 g/mol. The monoisotopic (exact) mass is 183 g/mol. The first-order valence-corrected chi connectivity index (χ1v) is 5.45. The van der Waals surface area contributed by atoms with Crippen molar-refractivity contribution in [1.82, 2.24) is 15.3 Å². The maximum absolute atomic E-state index is 3.53. The van der Waals surface area contributed by atoms with Crippen LogP contribution in [-0.4, -0.2) is 49.2 Å². The highest BCUT2D eigenvalue weighted by Crippen LogP contribution is 2.26. The molecule has 0 amide bonds. The van der Waals surface area contributed by atoms with Crippen LogP contribution in [0, 0.1) is 0 Å². The summed E-state index contributed by atoms with van der Waals surface area (Å²) in [4.78, 5) is 2.66. The minimum absolute atomic E-state index is 0.704. The van der Waals surface area contributed by atoms with E-state index in [1.165, 1.54) is 38.8 Å². The summed E-state index contributed by atoms with van der Waals surface area (Å²) < 4.78 is 0. The van der Waals surface area contributed by atoms with Crippen molar-refractivity contribution in [3.8, 4) is 0 Å². The Kier molecular flexibility index (Phi) is 2.86.